The summed E-state index contributed by atoms with van der Waals surface area (Å²) in [7, 11) is 0. The van der Waals surface area contributed by atoms with Gasteiger partial charge in [-0.05, 0) is 44.8 Å². The van der Waals surface area contributed by atoms with E-state index in [-0.39, 0.29) is 30.1 Å². The predicted molar refractivity (Wildman–Crippen MR) is 145 cm³/mol. The molecule has 12 nitrogen and oxygen atoms in total. The Bertz CT molecular complexity index is 1820. The van der Waals surface area contributed by atoms with Crippen LogP contribution in [0.15, 0.2) is 59.7 Å². The summed E-state index contributed by atoms with van der Waals surface area (Å²) in [5.41, 5.74) is 0.719. The quantitative estimate of drug-likeness (QED) is 0.161. The summed E-state index contributed by atoms with van der Waals surface area (Å²) in [6.45, 7) is -0.360. The van der Waals surface area contributed by atoms with Crippen LogP contribution in [0.4, 0.5) is 5.95 Å². The van der Waals surface area contributed by atoms with Gasteiger partial charge in [-0.2, -0.15) is 4.98 Å². The Morgan fingerprint density at radius 2 is 1.80 bits per heavy atom. The Kier molecular flexibility index (Phi) is 5.85. The van der Waals surface area contributed by atoms with Crippen molar-refractivity contribution in [3.8, 4) is 0 Å². The van der Waals surface area contributed by atoms with Gasteiger partial charge in [0.2, 0.25) is 5.95 Å². The van der Waals surface area contributed by atoms with Gasteiger partial charge in [0.05, 0.1) is 25.1 Å². The molecule has 1 saturated heterocycles. The maximum atomic E-state index is 13.0. The lowest BCUT2D eigenvalue weighted by atomic mass is 9.79. The minimum atomic E-state index is -1.49. The molecule has 7 N–H and O–H groups in total. The fourth-order valence-corrected chi connectivity index (χ4v) is 5.96. The van der Waals surface area contributed by atoms with E-state index in [1.54, 1.807) is 6.07 Å². The molecular formula is C28H27N5O7. The number of nitrogens with zero attached hydrogens (tertiary/aromatic N) is 3. The number of ether oxygens (including phenoxy) is 1. The highest BCUT2D eigenvalue weighted by atomic mass is 16.5. The molecule has 0 radical (unpaired) electrons. The molecule has 5 aromatic rings. The zero-order valence-electron chi connectivity index (χ0n) is 21.0. The van der Waals surface area contributed by atoms with E-state index in [1.807, 2.05) is 42.5 Å². The number of aliphatic hydroxyl groups excluding tert-OH is 5. The van der Waals surface area contributed by atoms with Crippen molar-refractivity contribution in [1.29, 1.82) is 0 Å². The number of imidazole rings is 1. The van der Waals surface area contributed by atoms with Gasteiger partial charge in [0, 0.05) is 6.42 Å². The lowest BCUT2D eigenvalue weighted by Crippen LogP contribution is -2.44. The van der Waals surface area contributed by atoms with Crippen LogP contribution in [0.25, 0.3) is 32.7 Å². The second-order valence-corrected chi connectivity index (χ2v) is 10.4. The highest BCUT2D eigenvalue weighted by Gasteiger charge is 2.42. The van der Waals surface area contributed by atoms with Crippen molar-refractivity contribution in [2.45, 2.75) is 49.2 Å². The van der Waals surface area contributed by atoms with Gasteiger partial charge in [0.1, 0.15) is 30.6 Å². The van der Waals surface area contributed by atoms with Gasteiger partial charge in [0.15, 0.2) is 11.2 Å². The summed E-state index contributed by atoms with van der Waals surface area (Å²) in [5, 5.41) is 59.1. The molecule has 7 rings (SSSR count). The molecule has 12 heteroatoms. The topological polar surface area (TPSA) is 186 Å². The largest absolute Gasteiger partial charge is 0.394 e. The maximum absolute atomic E-state index is 13.0. The molecule has 7 unspecified atom stereocenters. The molecule has 0 saturated carbocycles. The van der Waals surface area contributed by atoms with E-state index in [0.717, 1.165) is 21.5 Å². The molecule has 1 aliphatic heterocycles. The average Bonchev–Trinajstić information content (AvgIpc) is 3.55. The van der Waals surface area contributed by atoms with Crippen molar-refractivity contribution in [1.82, 2.24) is 19.5 Å². The molecule has 3 heterocycles. The number of fused-ring (bicyclic) bond motifs is 5. The van der Waals surface area contributed by atoms with Crippen LogP contribution in [0.5, 0.6) is 0 Å². The summed E-state index contributed by atoms with van der Waals surface area (Å²) in [4.78, 5) is 24.3. The van der Waals surface area contributed by atoms with E-state index in [4.69, 9.17) is 4.74 Å². The summed E-state index contributed by atoms with van der Waals surface area (Å²) in [5.74, 6) is 0.00730. The molecule has 2 aromatic heterocycles. The third kappa shape index (κ3) is 3.80. The summed E-state index contributed by atoms with van der Waals surface area (Å²) in [6.07, 6.45) is -5.05. The minimum Gasteiger partial charge on any atom is -0.394 e. The maximum Gasteiger partial charge on any atom is 0.280 e. The standard InChI is InChI=1S/C28H27N5O7/c34-10-18-17(35)9-19(40-18)33-11-29-22-26(33)31-28(32-27(22)39)30-21-20-15(23(36)25(38)24(21)37)6-5-14-7-12-3-1-2-4-13(12)8-16(14)20/h1-8,11,17-19,21,23-25,34-38H,9-10H2,(H2,30,31,32,39). The van der Waals surface area contributed by atoms with E-state index < -0.39 is 48.3 Å². The van der Waals surface area contributed by atoms with Crippen molar-refractivity contribution in [3.05, 3.63) is 76.3 Å². The number of H-pyrrole nitrogens is 1. The van der Waals surface area contributed by atoms with Crippen LogP contribution in [0.2, 0.25) is 0 Å². The van der Waals surface area contributed by atoms with Crippen molar-refractivity contribution in [2.24, 2.45) is 0 Å². The van der Waals surface area contributed by atoms with Crippen molar-refractivity contribution in [2.75, 3.05) is 11.9 Å². The second kappa shape index (κ2) is 9.34. The van der Waals surface area contributed by atoms with Gasteiger partial charge in [-0.1, -0.05) is 36.4 Å². The van der Waals surface area contributed by atoms with E-state index >= 15 is 0 Å². The first-order valence-electron chi connectivity index (χ1n) is 13.0. The van der Waals surface area contributed by atoms with Gasteiger partial charge in [-0.3, -0.25) is 14.3 Å². The zero-order chi connectivity index (χ0) is 27.7. The fourth-order valence-electron chi connectivity index (χ4n) is 5.96. The number of hydrogen-bond donors (Lipinski definition) is 7. The third-order valence-electron chi connectivity index (χ3n) is 8.02. The molecule has 40 heavy (non-hydrogen) atoms. The lowest BCUT2D eigenvalue weighted by Gasteiger charge is -2.38. The van der Waals surface area contributed by atoms with Crippen LogP contribution < -0.4 is 10.9 Å². The van der Waals surface area contributed by atoms with Crippen LogP contribution in [-0.4, -0.2) is 76.1 Å². The van der Waals surface area contributed by atoms with Crippen molar-refractivity contribution in [3.63, 3.8) is 0 Å². The third-order valence-corrected chi connectivity index (χ3v) is 8.02. The Morgan fingerprint density at radius 3 is 2.55 bits per heavy atom. The average molecular weight is 546 g/mol. The minimum absolute atomic E-state index is 0.00730. The van der Waals surface area contributed by atoms with Crippen LogP contribution in [0.1, 0.15) is 35.9 Å². The van der Waals surface area contributed by atoms with Crippen LogP contribution in [0.3, 0.4) is 0 Å². The predicted octanol–water partition coefficient (Wildman–Crippen LogP) is 0.989. The van der Waals surface area contributed by atoms with Gasteiger partial charge in [0.25, 0.3) is 5.56 Å². The fraction of sp³-hybridized carbons (Fsp3) is 0.321. The molecule has 3 aromatic carbocycles. The Balaban J connectivity index is 1.35. The Morgan fingerprint density at radius 1 is 1.02 bits per heavy atom. The molecule has 206 valence electrons. The normalized spacial score (nSPS) is 28.4. The number of aromatic amines is 1. The number of nitrogens with one attached hydrogen (secondary N) is 2. The van der Waals surface area contributed by atoms with Gasteiger partial charge >= 0.3 is 0 Å². The molecule has 1 aliphatic carbocycles. The van der Waals surface area contributed by atoms with E-state index in [0.29, 0.717) is 11.1 Å². The first kappa shape index (κ1) is 25.1. The second-order valence-electron chi connectivity index (χ2n) is 10.4. The van der Waals surface area contributed by atoms with E-state index in [1.165, 1.54) is 10.9 Å². The van der Waals surface area contributed by atoms with Crippen LogP contribution in [0, 0.1) is 0 Å². The molecule has 7 atom stereocenters. The molecule has 2 aliphatic rings. The number of anilines is 1. The molecule has 1 fully saturated rings. The molecule has 0 bridgehead atoms. The van der Waals surface area contributed by atoms with E-state index in [9.17, 15) is 30.3 Å². The number of aliphatic hydroxyl groups is 5. The smallest absolute Gasteiger partial charge is 0.280 e. The molecule has 0 amide bonds. The monoisotopic (exact) mass is 545 g/mol. The van der Waals surface area contributed by atoms with Crippen LogP contribution in [-0.2, 0) is 4.74 Å². The first-order valence-corrected chi connectivity index (χ1v) is 13.0. The Labute approximate surface area is 226 Å². The summed E-state index contributed by atoms with van der Waals surface area (Å²) in [6, 6.07) is 14.5. The van der Waals surface area contributed by atoms with Gasteiger partial charge in [-0.15, -0.1) is 0 Å². The van der Waals surface area contributed by atoms with Crippen molar-refractivity contribution >= 4 is 38.7 Å². The summed E-state index contributed by atoms with van der Waals surface area (Å²) >= 11 is 0. The first-order chi connectivity index (χ1) is 19.3. The van der Waals surface area contributed by atoms with E-state index in [2.05, 4.69) is 20.3 Å². The number of benzene rings is 3. The number of aromatic nitrogens is 4. The zero-order valence-corrected chi connectivity index (χ0v) is 21.0. The molecule has 0 spiro atoms. The van der Waals surface area contributed by atoms with Gasteiger partial charge in [-0.25, -0.2) is 4.98 Å². The summed E-state index contributed by atoms with van der Waals surface area (Å²) < 4.78 is 7.24. The Hall–Kier alpha value is -3.91. The highest BCUT2D eigenvalue weighted by molar-refractivity contribution is 6.00. The SMILES string of the molecule is O=c1[nH]c(NC2c3c(ccc4cc5ccccc5cc34)C(O)C(O)C2O)nc2c1ncn2C1CC(O)C(CO)O1. The van der Waals surface area contributed by atoms with Gasteiger partial charge < -0.3 is 35.6 Å². The van der Waals surface area contributed by atoms with Crippen molar-refractivity contribution < 1.29 is 30.3 Å². The number of hydrogen-bond acceptors (Lipinski definition) is 10. The van der Waals surface area contributed by atoms with Crippen LogP contribution >= 0.6 is 0 Å². The lowest BCUT2D eigenvalue weighted by molar-refractivity contribution is -0.0767. The number of rotatable bonds is 4. The highest BCUT2D eigenvalue weighted by Crippen LogP contribution is 2.43. The molecular weight excluding hydrogens is 518 g/mol.